The van der Waals surface area contributed by atoms with E-state index in [1.165, 1.54) is 0 Å². The van der Waals surface area contributed by atoms with Crippen molar-refractivity contribution in [1.29, 1.82) is 0 Å². The van der Waals surface area contributed by atoms with Crippen LogP contribution in [0.5, 0.6) is 0 Å². The molecule has 3 nitrogen and oxygen atoms in total. The Labute approximate surface area is 112 Å². The van der Waals surface area contributed by atoms with Crippen LogP contribution < -0.4 is 5.32 Å². The van der Waals surface area contributed by atoms with Gasteiger partial charge in [0.25, 0.3) is 0 Å². The number of nitrogens with one attached hydrogen (secondary N) is 1. The fourth-order valence-electron chi connectivity index (χ4n) is 1.78. The minimum atomic E-state index is -1.05. The Hall–Kier alpha value is -1.03. The number of hydrogen-bond donors (Lipinski definition) is 2. The monoisotopic (exact) mass is 267 g/mol. The van der Waals surface area contributed by atoms with Gasteiger partial charge in [-0.05, 0) is 19.1 Å². The van der Waals surface area contributed by atoms with Gasteiger partial charge in [-0.15, -0.1) is 0 Å². The molecular weight excluding hydrogens is 250 g/mol. The van der Waals surface area contributed by atoms with Gasteiger partial charge in [-0.25, -0.2) is 0 Å². The number of benzene rings is 1. The van der Waals surface area contributed by atoms with E-state index in [-0.39, 0.29) is 0 Å². The first kappa shape index (κ1) is 13.4. The van der Waals surface area contributed by atoms with Crippen molar-refractivity contribution in [3.8, 4) is 0 Å². The maximum absolute atomic E-state index is 10.4. The molecule has 2 N–H and O–H groups in total. The van der Waals surface area contributed by atoms with Gasteiger partial charge < -0.3 is 14.8 Å². The van der Waals surface area contributed by atoms with Crippen LogP contribution in [-0.2, 0) is 5.60 Å². The van der Waals surface area contributed by atoms with Gasteiger partial charge in [-0.1, -0.05) is 37.6 Å². The highest BCUT2D eigenvalue weighted by Crippen LogP contribution is 2.31. The second-order valence-electron chi connectivity index (χ2n) is 5.08. The van der Waals surface area contributed by atoms with E-state index < -0.39 is 5.60 Å². The highest BCUT2D eigenvalue weighted by atomic mass is 35.5. The molecule has 0 bridgehead atoms. The zero-order valence-corrected chi connectivity index (χ0v) is 11.6. The summed E-state index contributed by atoms with van der Waals surface area (Å²) in [7, 11) is 0. The lowest BCUT2D eigenvalue weighted by Crippen LogP contribution is -2.38. The molecule has 1 aromatic heterocycles. The quantitative estimate of drug-likeness (QED) is 0.894. The van der Waals surface area contributed by atoms with Gasteiger partial charge in [-0.3, -0.25) is 0 Å². The number of fused-ring (bicyclic) bond motifs is 1. The van der Waals surface area contributed by atoms with E-state index >= 15 is 0 Å². The molecule has 0 aliphatic rings. The van der Waals surface area contributed by atoms with Crippen LogP contribution >= 0.6 is 11.6 Å². The molecule has 0 saturated carbocycles. The maximum atomic E-state index is 10.4. The molecule has 1 heterocycles. The number of halogens is 1. The lowest BCUT2D eigenvalue weighted by Gasteiger charge is -2.22. The smallest absolute Gasteiger partial charge is 0.153 e. The Morgan fingerprint density at radius 1 is 1.44 bits per heavy atom. The van der Waals surface area contributed by atoms with Crippen molar-refractivity contribution in [2.24, 2.45) is 0 Å². The number of aliphatic hydroxyl groups is 1. The van der Waals surface area contributed by atoms with Gasteiger partial charge in [-0.2, -0.15) is 0 Å². The molecule has 0 radical (unpaired) electrons. The number of furan rings is 1. The molecule has 0 amide bonds. The minimum absolute atomic E-state index is 0.310. The Bertz CT molecular complexity index is 546. The summed E-state index contributed by atoms with van der Waals surface area (Å²) in [6.45, 7) is 6.23. The van der Waals surface area contributed by atoms with E-state index in [0.29, 0.717) is 29.0 Å². The van der Waals surface area contributed by atoms with Crippen molar-refractivity contribution >= 4 is 22.6 Å². The van der Waals surface area contributed by atoms with Crippen molar-refractivity contribution in [3.05, 3.63) is 35.0 Å². The van der Waals surface area contributed by atoms with E-state index in [2.05, 4.69) is 5.32 Å². The summed E-state index contributed by atoms with van der Waals surface area (Å²) < 4.78 is 5.67. The molecule has 0 spiro atoms. The van der Waals surface area contributed by atoms with Crippen LogP contribution in [-0.4, -0.2) is 17.7 Å². The van der Waals surface area contributed by atoms with Crippen molar-refractivity contribution in [1.82, 2.24) is 5.32 Å². The zero-order chi connectivity index (χ0) is 13.3. The fourth-order valence-corrected chi connectivity index (χ4v) is 2.00. The van der Waals surface area contributed by atoms with Crippen molar-refractivity contribution in [3.63, 3.8) is 0 Å². The average molecular weight is 268 g/mol. The Morgan fingerprint density at radius 3 is 2.78 bits per heavy atom. The van der Waals surface area contributed by atoms with Crippen molar-refractivity contribution < 1.29 is 9.52 Å². The van der Waals surface area contributed by atoms with Gasteiger partial charge in [0.2, 0.25) is 0 Å². The predicted octanol–water partition coefficient (Wildman–Crippen LogP) is 3.29. The van der Waals surface area contributed by atoms with Crippen LogP contribution in [0.25, 0.3) is 11.0 Å². The highest BCUT2D eigenvalue weighted by Gasteiger charge is 2.27. The minimum Gasteiger partial charge on any atom is -0.456 e. The molecule has 0 aliphatic carbocycles. The van der Waals surface area contributed by atoms with Gasteiger partial charge in [0.15, 0.2) is 5.58 Å². The van der Waals surface area contributed by atoms with Crippen molar-refractivity contribution in [2.75, 3.05) is 6.54 Å². The Morgan fingerprint density at radius 2 is 2.17 bits per heavy atom. The van der Waals surface area contributed by atoms with Crippen LogP contribution in [0.2, 0.25) is 5.02 Å². The van der Waals surface area contributed by atoms with Crippen LogP contribution in [0.15, 0.2) is 28.7 Å². The SMILES string of the molecule is CC(C)NCC(C)(O)c1cc2cccc(Cl)c2o1. The number of hydrogen-bond acceptors (Lipinski definition) is 3. The fraction of sp³-hybridized carbons (Fsp3) is 0.429. The first-order chi connectivity index (χ1) is 8.40. The number of rotatable bonds is 4. The Kier molecular flexibility index (Phi) is 3.66. The first-order valence-corrected chi connectivity index (χ1v) is 6.42. The molecule has 2 aromatic rings. The summed E-state index contributed by atoms with van der Waals surface area (Å²) in [6.07, 6.45) is 0. The summed E-state index contributed by atoms with van der Waals surface area (Å²) in [5.41, 5.74) is -0.425. The average Bonchev–Trinajstić information content (AvgIpc) is 2.73. The second-order valence-corrected chi connectivity index (χ2v) is 5.49. The molecule has 1 aromatic carbocycles. The molecule has 1 unspecified atom stereocenters. The molecule has 98 valence electrons. The third-order valence-electron chi connectivity index (χ3n) is 2.88. The van der Waals surface area contributed by atoms with Crippen LogP contribution in [0, 0.1) is 0 Å². The Balaban J connectivity index is 2.32. The van der Waals surface area contributed by atoms with E-state index in [4.69, 9.17) is 16.0 Å². The lowest BCUT2D eigenvalue weighted by atomic mass is 10.0. The normalized spacial score (nSPS) is 15.2. The van der Waals surface area contributed by atoms with Gasteiger partial charge in [0.1, 0.15) is 11.4 Å². The molecule has 0 aliphatic heterocycles. The third kappa shape index (κ3) is 2.69. The van der Waals surface area contributed by atoms with E-state index in [1.54, 1.807) is 13.0 Å². The van der Waals surface area contributed by atoms with E-state index in [1.807, 2.05) is 32.0 Å². The van der Waals surface area contributed by atoms with Crippen LogP contribution in [0.1, 0.15) is 26.5 Å². The summed E-state index contributed by atoms with van der Waals surface area (Å²) in [5, 5.41) is 15.1. The molecule has 18 heavy (non-hydrogen) atoms. The first-order valence-electron chi connectivity index (χ1n) is 6.04. The van der Waals surface area contributed by atoms with Gasteiger partial charge in [0.05, 0.1) is 5.02 Å². The molecule has 0 fully saturated rings. The van der Waals surface area contributed by atoms with Crippen LogP contribution in [0.4, 0.5) is 0 Å². The largest absolute Gasteiger partial charge is 0.456 e. The molecule has 2 rings (SSSR count). The predicted molar refractivity (Wildman–Crippen MR) is 73.9 cm³/mol. The topological polar surface area (TPSA) is 45.4 Å². The molecular formula is C14H18ClNO2. The summed E-state index contributed by atoms with van der Waals surface area (Å²) >= 11 is 6.06. The summed E-state index contributed by atoms with van der Waals surface area (Å²) in [4.78, 5) is 0. The van der Waals surface area contributed by atoms with Crippen LogP contribution in [0.3, 0.4) is 0 Å². The second kappa shape index (κ2) is 4.92. The summed E-state index contributed by atoms with van der Waals surface area (Å²) in [5.74, 6) is 0.527. The zero-order valence-electron chi connectivity index (χ0n) is 10.8. The van der Waals surface area contributed by atoms with E-state index in [9.17, 15) is 5.11 Å². The highest BCUT2D eigenvalue weighted by molar-refractivity contribution is 6.34. The third-order valence-corrected chi connectivity index (χ3v) is 3.18. The molecule has 4 heteroatoms. The maximum Gasteiger partial charge on any atom is 0.153 e. The summed E-state index contributed by atoms with van der Waals surface area (Å²) in [6, 6.07) is 7.71. The molecule has 0 saturated heterocycles. The van der Waals surface area contributed by atoms with E-state index in [0.717, 1.165) is 5.39 Å². The lowest BCUT2D eigenvalue weighted by molar-refractivity contribution is 0.0341. The molecule has 1 atom stereocenters. The van der Waals surface area contributed by atoms with Gasteiger partial charge >= 0.3 is 0 Å². The number of para-hydroxylation sites is 1. The van der Waals surface area contributed by atoms with Crippen molar-refractivity contribution in [2.45, 2.75) is 32.4 Å². The standard InChI is InChI=1S/C14H18ClNO2/c1-9(2)16-8-14(3,17)12-7-10-5-4-6-11(15)13(10)18-12/h4-7,9,16-17H,8H2,1-3H3. The van der Waals surface area contributed by atoms with Gasteiger partial charge in [0, 0.05) is 18.0 Å².